The molecule has 6 aliphatic rings. The lowest BCUT2D eigenvalue weighted by Crippen LogP contribution is -2.51. The number of ether oxygens (including phenoxy) is 6. The van der Waals surface area contributed by atoms with Crippen molar-refractivity contribution in [2.45, 2.75) is 273 Å². The molecule has 0 bridgehead atoms. The maximum Gasteiger partial charge on any atom is 0.324 e. The van der Waals surface area contributed by atoms with Crippen molar-refractivity contribution in [1.29, 1.82) is 0 Å². The van der Waals surface area contributed by atoms with Crippen molar-refractivity contribution in [1.82, 2.24) is 90.0 Å². The van der Waals surface area contributed by atoms with Gasteiger partial charge in [-0.1, -0.05) is 13.3 Å². The molecule has 6 fully saturated rings. The SMILES string of the molecule is CC(C)Oc1nc(N2C(=O)C(C)(C)NC2(C)C)nc(N2C(=O)C(C)(C)N(C)C2(C)C)n1.CCCCOc1nc(N2C(=O)C(C)(C)N(C)C2(C)C)nc(N2C(=O)C(C)(C)N(C)C2(C)C)n1.COc1nc(OC)nc(N2C(=O)C(C)(C)N(C)C2(C)C)n1.COc1nc(OC)nc(N2C(=O)C(C)(C)NC2(C)C)n1. The van der Waals surface area contributed by atoms with Gasteiger partial charge in [-0.05, 0) is 215 Å². The van der Waals surface area contributed by atoms with Crippen molar-refractivity contribution in [3.8, 4) is 36.1 Å². The fourth-order valence-electron chi connectivity index (χ4n) is 13.8. The van der Waals surface area contributed by atoms with E-state index in [1.807, 2.05) is 228 Å². The van der Waals surface area contributed by atoms with Gasteiger partial charge in [0.2, 0.25) is 35.7 Å². The van der Waals surface area contributed by atoms with Gasteiger partial charge in [0.05, 0.1) is 108 Å². The van der Waals surface area contributed by atoms with Crippen LogP contribution in [-0.2, 0) is 28.8 Å². The summed E-state index contributed by atoms with van der Waals surface area (Å²) in [6, 6.07) is 0.579. The van der Waals surface area contributed by atoms with Crippen molar-refractivity contribution in [2.24, 2.45) is 0 Å². The van der Waals surface area contributed by atoms with E-state index in [1.165, 1.54) is 38.2 Å². The number of amides is 6. The fourth-order valence-corrected chi connectivity index (χ4v) is 13.8. The predicted octanol–water partition coefficient (Wildman–Crippen LogP) is 5.56. The topological polar surface area (TPSA) is 369 Å². The maximum absolute atomic E-state index is 13.5. The lowest BCUT2D eigenvalue weighted by atomic mass is 10.0. The molecule has 2 N–H and O–H groups in total. The number of nitrogens with zero attached hydrogens (tertiary/aromatic N) is 22. The molecule has 4 aromatic heterocycles. The summed E-state index contributed by atoms with van der Waals surface area (Å²) in [4.78, 5) is 148. The zero-order valence-corrected chi connectivity index (χ0v) is 68.4. The number of hydrogen-bond acceptors (Lipinski definition) is 30. The Morgan fingerprint density at radius 2 is 0.552 bits per heavy atom. The molecular weight excluding hydrogens is 1360 g/mol. The molecule has 0 unspecified atom stereocenters. The smallest absolute Gasteiger partial charge is 0.324 e. The second kappa shape index (κ2) is 28.3. The van der Waals surface area contributed by atoms with Crippen molar-refractivity contribution in [2.75, 3.05) is 92.6 Å². The molecule has 105 heavy (non-hydrogen) atoms. The molecular formula is C69H114N24O12. The lowest BCUT2D eigenvalue weighted by Gasteiger charge is -2.37. The molecule has 36 heteroatoms. The van der Waals surface area contributed by atoms with Crippen LogP contribution < -0.4 is 68.5 Å². The summed E-state index contributed by atoms with van der Waals surface area (Å²) in [5.41, 5.74) is -8.42. The number of nitrogens with one attached hydrogen (secondary N) is 2. The zero-order valence-electron chi connectivity index (χ0n) is 68.4. The van der Waals surface area contributed by atoms with Gasteiger partial charge in [0.15, 0.2) is 0 Å². The third-order valence-corrected chi connectivity index (χ3v) is 20.9. The van der Waals surface area contributed by atoms with Crippen LogP contribution in [0.4, 0.5) is 35.7 Å². The molecule has 0 radical (unpaired) electrons. The number of unbranched alkanes of at least 4 members (excludes halogenated alkanes) is 1. The molecule has 10 heterocycles. The van der Waals surface area contributed by atoms with Crippen LogP contribution in [0.3, 0.4) is 0 Å². The van der Waals surface area contributed by atoms with Gasteiger partial charge in [0.1, 0.15) is 0 Å². The van der Waals surface area contributed by atoms with Gasteiger partial charge in [-0.25, -0.2) is 0 Å². The number of rotatable bonds is 16. The molecule has 0 atom stereocenters. The third-order valence-electron chi connectivity index (χ3n) is 20.9. The summed E-state index contributed by atoms with van der Waals surface area (Å²) in [5, 5.41) is 6.55. The highest BCUT2D eigenvalue weighted by Gasteiger charge is 2.62. The highest BCUT2D eigenvalue weighted by molar-refractivity contribution is 6.06. The third kappa shape index (κ3) is 14.9. The van der Waals surface area contributed by atoms with Crippen LogP contribution in [0, 0.1) is 0 Å². The molecule has 582 valence electrons. The maximum atomic E-state index is 13.5. The van der Waals surface area contributed by atoms with Crippen LogP contribution in [0.1, 0.15) is 200 Å². The first-order valence-corrected chi connectivity index (χ1v) is 34.9. The Balaban J connectivity index is 0.000000200. The molecule has 10 rings (SSSR count). The van der Waals surface area contributed by atoms with Crippen molar-refractivity contribution < 1.29 is 57.2 Å². The van der Waals surface area contributed by atoms with Gasteiger partial charge in [-0.3, -0.25) is 88.4 Å². The van der Waals surface area contributed by atoms with E-state index in [9.17, 15) is 28.8 Å². The Labute approximate surface area is 617 Å². The van der Waals surface area contributed by atoms with Crippen LogP contribution in [0.5, 0.6) is 36.1 Å². The second-order valence-electron chi connectivity index (χ2n) is 32.9. The molecule has 6 saturated heterocycles. The Kier molecular flexibility index (Phi) is 22.5. The van der Waals surface area contributed by atoms with E-state index in [2.05, 4.69) is 77.4 Å². The highest BCUT2D eigenvalue weighted by Crippen LogP contribution is 2.45. The predicted molar refractivity (Wildman–Crippen MR) is 393 cm³/mol. The quantitative estimate of drug-likeness (QED) is 0.130. The Morgan fingerprint density at radius 3 is 0.762 bits per heavy atom. The number of carbonyl (C=O) groups excluding carboxylic acids is 6. The van der Waals surface area contributed by atoms with Crippen molar-refractivity contribution in [3.05, 3.63) is 0 Å². The Hall–Kier alpha value is -8.58. The van der Waals surface area contributed by atoms with E-state index in [4.69, 9.17) is 28.4 Å². The number of hydrogen-bond donors (Lipinski definition) is 2. The summed E-state index contributed by atoms with van der Waals surface area (Å²) in [6.45, 7) is 51.5. The first kappa shape index (κ1) is 83.7. The number of likely N-dealkylation sites (N-methyl/N-ethyl adjacent to an activating group) is 4. The number of methoxy groups -OCH3 is 4. The standard InChI is InChI=1S/C23H39N7O3.C21H35N7O3.C13H21N5O3.C12H19N5O3/c1-12-13-14-33-19-25-17(29-15(31)20(2,3)27(10)22(29,6)7)24-18(26-19)30-16(32)21(4,5)28(11)23(30,8)9;1-12(2)31-17-23-15(27-13(29)18(3,4)25-20(27,7)8)22-16(24-17)28-14(30)19(5,6)26(11)21(28,9)10;1-12(2)8(19)18(13(3,4)17(12)5)9-14-10(20-6)16-11(15-9)21-7;1-11(2)7(18)17(12(3,4)16-11)8-13-9(19-5)15-10(14-8)20-6/h12-14H2,1-11H3;12,25H,1-11H3;1-7H3;16H,1-6H3. The summed E-state index contributed by atoms with van der Waals surface area (Å²) < 4.78 is 31.7. The summed E-state index contributed by atoms with van der Waals surface area (Å²) in [5.74, 6) is 0.270. The number of anilines is 6. The van der Waals surface area contributed by atoms with Crippen molar-refractivity contribution >= 4 is 71.1 Å². The largest absolute Gasteiger partial charge is 0.467 e. The van der Waals surface area contributed by atoms with E-state index < -0.39 is 67.2 Å². The zero-order chi connectivity index (χ0) is 80.0. The number of aromatic nitrogens is 12. The summed E-state index contributed by atoms with van der Waals surface area (Å²) in [6.07, 6.45) is 1.60. The van der Waals surface area contributed by atoms with Crippen LogP contribution >= 0.6 is 0 Å². The fraction of sp³-hybridized carbons (Fsp3) is 0.739. The van der Waals surface area contributed by atoms with E-state index in [0.29, 0.717) is 6.61 Å². The molecule has 0 saturated carbocycles. The molecule has 6 aliphatic heterocycles. The molecule has 36 nitrogen and oxygen atoms in total. The van der Waals surface area contributed by atoms with Gasteiger partial charge in [-0.2, -0.15) is 49.8 Å². The van der Waals surface area contributed by atoms with Gasteiger partial charge in [-0.15, -0.1) is 9.97 Å². The van der Waals surface area contributed by atoms with Crippen LogP contribution in [0.15, 0.2) is 0 Å². The Morgan fingerprint density at radius 1 is 0.324 bits per heavy atom. The van der Waals surface area contributed by atoms with E-state index in [1.54, 1.807) is 19.6 Å². The first-order chi connectivity index (χ1) is 47.8. The van der Waals surface area contributed by atoms with Gasteiger partial charge < -0.3 is 28.4 Å². The molecule has 0 aliphatic carbocycles. The Bertz CT molecular complexity index is 3870. The van der Waals surface area contributed by atoms with Gasteiger partial charge in [0.25, 0.3) is 35.4 Å². The average molecular weight is 1470 g/mol. The highest BCUT2D eigenvalue weighted by atomic mass is 16.5. The number of carbonyl (C=O) groups is 6. The lowest BCUT2D eigenvalue weighted by molar-refractivity contribution is -0.123. The first-order valence-electron chi connectivity index (χ1n) is 34.9. The molecule has 4 aromatic rings. The molecule has 0 spiro atoms. The minimum atomic E-state index is -0.791. The van der Waals surface area contributed by atoms with Gasteiger partial charge in [0, 0.05) is 0 Å². The van der Waals surface area contributed by atoms with E-state index >= 15 is 0 Å². The van der Waals surface area contributed by atoms with Crippen LogP contribution in [0.2, 0.25) is 0 Å². The minimum absolute atomic E-state index is 0.0688. The summed E-state index contributed by atoms with van der Waals surface area (Å²) >= 11 is 0. The molecule has 0 aromatic carbocycles. The van der Waals surface area contributed by atoms with Crippen molar-refractivity contribution in [3.63, 3.8) is 0 Å². The second-order valence-corrected chi connectivity index (χ2v) is 32.9. The monoisotopic (exact) mass is 1470 g/mol. The normalized spacial score (nSPS) is 22.7. The molecule has 6 amide bonds. The van der Waals surface area contributed by atoms with Crippen LogP contribution in [0.25, 0.3) is 0 Å². The summed E-state index contributed by atoms with van der Waals surface area (Å²) in [7, 11) is 13.4. The van der Waals surface area contributed by atoms with Crippen LogP contribution in [-0.4, -0.2) is 251 Å². The van der Waals surface area contributed by atoms with E-state index in [0.717, 1.165) is 12.8 Å². The van der Waals surface area contributed by atoms with E-state index in [-0.39, 0.29) is 113 Å². The average Bonchev–Trinajstić information content (AvgIpc) is 1.59. The minimum Gasteiger partial charge on any atom is -0.467 e. The van der Waals surface area contributed by atoms with Gasteiger partial charge >= 0.3 is 36.1 Å².